The van der Waals surface area contributed by atoms with Crippen LogP contribution in [0.4, 0.5) is 0 Å². The molecule has 9 atom stereocenters. The minimum atomic E-state index is -2.32. The number of hydrogen-bond donors (Lipinski definition) is 6. The summed E-state index contributed by atoms with van der Waals surface area (Å²) in [6, 6.07) is 0. The Hall–Kier alpha value is -1.42. The van der Waals surface area contributed by atoms with Crippen LogP contribution in [0.15, 0.2) is 0 Å². The summed E-state index contributed by atoms with van der Waals surface area (Å²) >= 11 is 0. The van der Waals surface area contributed by atoms with Crippen LogP contribution in [0.1, 0.15) is 90.9 Å². The Kier molecular flexibility index (Phi) is 16.0. The molecular weight excluding hydrogens is 544 g/mol. The van der Waals surface area contributed by atoms with Gasteiger partial charge in [-0.25, -0.2) is 0 Å². The molecule has 13 nitrogen and oxygen atoms in total. The van der Waals surface area contributed by atoms with Crippen LogP contribution in [0.5, 0.6) is 0 Å². The van der Waals surface area contributed by atoms with E-state index in [1.165, 1.54) is 0 Å². The highest BCUT2D eigenvalue weighted by molar-refractivity contribution is 5.70. The molecule has 2 rings (SSSR count). The van der Waals surface area contributed by atoms with Crippen LogP contribution in [0, 0.1) is 0 Å². The number of esters is 2. The van der Waals surface area contributed by atoms with E-state index < -0.39 is 86.6 Å². The first-order valence-corrected chi connectivity index (χ1v) is 14.9. The van der Waals surface area contributed by atoms with Crippen molar-refractivity contribution in [2.75, 3.05) is 19.8 Å². The second kappa shape index (κ2) is 18.3. The SMILES string of the molecule is CCCCCCCC(=O)O[C@@H]1[C@@H](O)[C@@H](O[C@]2(CO)OC[C@@H](O)[C@@H](O)[C@@H]2O)O[C@H](CO)[C@H]1OC(=O)CCCCCCC. The number of carbonyl (C=O) groups excluding carboxylic acids is 2. The zero-order valence-electron chi connectivity index (χ0n) is 24.3. The van der Waals surface area contributed by atoms with Crippen LogP contribution in [0.25, 0.3) is 0 Å². The molecule has 41 heavy (non-hydrogen) atoms. The predicted molar refractivity (Wildman–Crippen MR) is 143 cm³/mol. The van der Waals surface area contributed by atoms with Gasteiger partial charge >= 0.3 is 11.9 Å². The van der Waals surface area contributed by atoms with Crippen molar-refractivity contribution in [3.8, 4) is 0 Å². The zero-order valence-corrected chi connectivity index (χ0v) is 24.3. The van der Waals surface area contributed by atoms with E-state index in [9.17, 15) is 40.2 Å². The first-order valence-electron chi connectivity index (χ1n) is 14.9. The van der Waals surface area contributed by atoms with Crippen molar-refractivity contribution in [1.29, 1.82) is 0 Å². The van der Waals surface area contributed by atoms with Gasteiger partial charge in [0.25, 0.3) is 0 Å². The number of aliphatic hydroxyl groups excluding tert-OH is 6. The fraction of sp³-hybridized carbons (Fsp3) is 0.929. The quantitative estimate of drug-likeness (QED) is 0.0943. The molecule has 2 fully saturated rings. The summed E-state index contributed by atoms with van der Waals surface area (Å²) in [5.41, 5.74) is 0. The van der Waals surface area contributed by atoms with Crippen molar-refractivity contribution in [1.82, 2.24) is 0 Å². The Morgan fingerprint density at radius 2 is 1.32 bits per heavy atom. The van der Waals surface area contributed by atoms with Crippen molar-refractivity contribution < 1.29 is 63.9 Å². The largest absolute Gasteiger partial charge is 0.455 e. The van der Waals surface area contributed by atoms with E-state index in [-0.39, 0.29) is 12.8 Å². The highest BCUT2D eigenvalue weighted by Crippen LogP contribution is 2.34. The number of carbonyl (C=O) groups is 2. The number of unbranched alkanes of at least 4 members (excludes halogenated alkanes) is 8. The Morgan fingerprint density at radius 1 is 0.780 bits per heavy atom. The van der Waals surface area contributed by atoms with Gasteiger partial charge in [0.1, 0.15) is 37.1 Å². The van der Waals surface area contributed by atoms with Gasteiger partial charge in [-0.05, 0) is 12.8 Å². The second-order valence-electron chi connectivity index (χ2n) is 10.9. The zero-order chi connectivity index (χ0) is 30.4. The van der Waals surface area contributed by atoms with Crippen LogP contribution in [-0.2, 0) is 33.3 Å². The van der Waals surface area contributed by atoms with E-state index in [0.717, 1.165) is 51.4 Å². The van der Waals surface area contributed by atoms with Crippen LogP contribution in [-0.4, -0.2) is 117 Å². The first-order chi connectivity index (χ1) is 19.6. The second-order valence-corrected chi connectivity index (χ2v) is 10.9. The molecule has 0 saturated carbocycles. The van der Waals surface area contributed by atoms with Crippen molar-refractivity contribution in [2.24, 2.45) is 0 Å². The number of aliphatic hydroxyl groups is 6. The monoisotopic (exact) mass is 594 g/mol. The van der Waals surface area contributed by atoms with E-state index in [1.54, 1.807) is 0 Å². The summed E-state index contributed by atoms with van der Waals surface area (Å²) in [4.78, 5) is 25.4. The molecule has 0 aliphatic carbocycles. The number of ether oxygens (including phenoxy) is 5. The summed E-state index contributed by atoms with van der Waals surface area (Å²) in [5.74, 6) is -3.59. The lowest BCUT2D eigenvalue weighted by molar-refractivity contribution is -0.415. The minimum absolute atomic E-state index is 0.0493. The molecule has 0 aromatic carbocycles. The maximum Gasteiger partial charge on any atom is 0.306 e. The fourth-order valence-electron chi connectivity index (χ4n) is 4.94. The van der Waals surface area contributed by atoms with Crippen LogP contribution >= 0.6 is 0 Å². The summed E-state index contributed by atoms with van der Waals surface area (Å²) in [6.07, 6.45) is -3.96. The van der Waals surface area contributed by atoms with E-state index >= 15 is 0 Å². The van der Waals surface area contributed by atoms with Gasteiger partial charge in [0, 0.05) is 12.8 Å². The standard InChI is InChI=1S/C28H50O13/c1-3-5-7-9-11-13-20(32)39-24-19(15-29)38-27(41-28(17-30)26(36)22(34)18(31)16-37-28)23(35)25(24)40-21(33)14-12-10-8-6-4-2/h18-19,22-27,29-31,34-36H,3-17H2,1-2H3/t18-,19-,22-,23-,24-,25-,26+,27-,28+/m1/s1. The normalized spacial score (nSPS) is 33.9. The predicted octanol–water partition coefficient (Wildman–Crippen LogP) is 0.427. The van der Waals surface area contributed by atoms with Gasteiger partial charge in [-0.3, -0.25) is 9.59 Å². The van der Waals surface area contributed by atoms with Crippen LogP contribution < -0.4 is 0 Å². The Balaban J connectivity index is 2.19. The molecule has 0 aromatic heterocycles. The average molecular weight is 595 g/mol. The lowest BCUT2D eigenvalue weighted by atomic mass is 9.95. The molecule has 2 heterocycles. The van der Waals surface area contributed by atoms with Crippen LogP contribution in [0.2, 0.25) is 0 Å². The fourth-order valence-corrected chi connectivity index (χ4v) is 4.94. The molecule has 2 aliphatic heterocycles. The highest BCUT2D eigenvalue weighted by Gasteiger charge is 2.56. The lowest BCUT2D eigenvalue weighted by Crippen LogP contribution is -2.68. The topological polar surface area (TPSA) is 202 Å². The third-order valence-corrected chi connectivity index (χ3v) is 7.50. The maximum absolute atomic E-state index is 12.8. The van der Waals surface area contributed by atoms with Gasteiger partial charge in [0.2, 0.25) is 5.79 Å². The third kappa shape index (κ3) is 10.4. The van der Waals surface area contributed by atoms with E-state index in [0.29, 0.717) is 12.8 Å². The Labute approximate surface area is 241 Å². The van der Waals surface area contributed by atoms with E-state index in [1.807, 2.05) is 0 Å². The summed E-state index contributed by atoms with van der Waals surface area (Å²) in [6.45, 7) is 1.91. The molecule has 2 aliphatic rings. The number of hydrogen-bond acceptors (Lipinski definition) is 13. The average Bonchev–Trinajstić information content (AvgIpc) is 2.96. The molecule has 0 spiro atoms. The highest BCUT2D eigenvalue weighted by atomic mass is 16.8. The summed E-state index contributed by atoms with van der Waals surface area (Å²) in [5, 5.41) is 61.7. The number of rotatable bonds is 18. The molecule has 0 radical (unpaired) electrons. The van der Waals surface area contributed by atoms with Gasteiger partial charge in [-0.1, -0.05) is 65.2 Å². The van der Waals surface area contributed by atoms with Crippen molar-refractivity contribution >= 4 is 11.9 Å². The van der Waals surface area contributed by atoms with E-state index in [2.05, 4.69) is 13.8 Å². The van der Waals surface area contributed by atoms with Gasteiger partial charge in [0.15, 0.2) is 18.5 Å². The van der Waals surface area contributed by atoms with Crippen LogP contribution in [0.3, 0.4) is 0 Å². The molecule has 0 aromatic rings. The molecule has 6 N–H and O–H groups in total. The smallest absolute Gasteiger partial charge is 0.306 e. The minimum Gasteiger partial charge on any atom is -0.455 e. The Bertz CT molecular complexity index is 767. The molecule has 240 valence electrons. The Morgan fingerprint density at radius 3 is 1.83 bits per heavy atom. The summed E-state index contributed by atoms with van der Waals surface area (Å²) < 4.78 is 27.7. The first kappa shape index (κ1) is 35.8. The van der Waals surface area contributed by atoms with Crippen molar-refractivity contribution in [3.63, 3.8) is 0 Å². The van der Waals surface area contributed by atoms with Gasteiger partial charge in [-0.15, -0.1) is 0 Å². The maximum atomic E-state index is 12.8. The van der Waals surface area contributed by atoms with Crippen molar-refractivity contribution in [3.05, 3.63) is 0 Å². The van der Waals surface area contributed by atoms with Gasteiger partial charge < -0.3 is 54.3 Å². The molecule has 13 heteroatoms. The van der Waals surface area contributed by atoms with Gasteiger partial charge in [0.05, 0.1) is 13.2 Å². The molecular formula is C28H50O13. The summed E-state index contributed by atoms with van der Waals surface area (Å²) in [7, 11) is 0. The van der Waals surface area contributed by atoms with Crippen molar-refractivity contribution in [2.45, 2.75) is 146 Å². The molecule has 0 unspecified atom stereocenters. The molecule has 0 bridgehead atoms. The molecule has 2 saturated heterocycles. The molecule has 0 amide bonds. The lowest BCUT2D eigenvalue weighted by Gasteiger charge is -2.48. The third-order valence-electron chi connectivity index (χ3n) is 7.50. The van der Waals surface area contributed by atoms with Gasteiger partial charge in [-0.2, -0.15) is 0 Å². The van der Waals surface area contributed by atoms with E-state index in [4.69, 9.17) is 23.7 Å².